The average Bonchev–Trinajstić information content (AvgIpc) is 3.02. The molecule has 20 heavy (non-hydrogen) atoms. The number of nitrogen functional groups attached to an aromatic ring is 1. The molecule has 4 rings (SSSR count). The monoisotopic (exact) mass is 280 g/mol. The third kappa shape index (κ3) is 1.83. The van der Waals surface area contributed by atoms with Gasteiger partial charge in [-0.3, -0.25) is 0 Å². The third-order valence-electron chi connectivity index (χ3n) is 3.35. The number of rotatable bonds is 2. The molecule has 0 atom stereocenters. The molecule has 0 saturated carbocycles. The van der Waals surface area contributed by atoms with Crippen molar-refractivity contribution in [1.82, 2.24) is 14.4 Å². The van der Waals surface area contributed by atoms with Crippen LogP contribution in [-0.4, -0.2) is 14.4 Å². The van der Waals surface area contributed by atoms with Gasteiger partial charge in [-0.1, -0.05) is 23.5 Å². The second-order valence-corrected chi connectivity index (χ2v) is 5.77. The van der Waals surface area contributed by atoms with Crippen molar-refractivity contribution in [1.29, 1.82) is 0 Å². The summed E-state index contributed by atoms with van der Waals surface area (Å²) in [6.45, 7) is 0. The van der Waals surface area contributed by atoms with Crippen LogP contribution in [0.3, 0.4) is 0 Å². The first-order valence-electron chi connectivity index (χ1n) is 6.35. The Morgan fingerprint density at radius 1 is 1.20 bits per heavy atom. The molecular weight excluding hydrogens is 268 g/mol. The molecule has 0 saturated heterocycles. The summed E-state index contributed by atoms with van der Waals surface area (Å²) in [5.74, 6) is 0. The molecule has 98 valence electrons. The van der Waals surface area contributed by atoms with E-state index < -0.39 is 0 Å². The van der Waals surface area contributed by atoms with Crippen molar-refractivity contribution >= 4 is 32.3 Å². The van der Waals surface area contributed by atoms with Gasteiger partial charge < -0.3 is 10.1 Å². The van der Waals surface area contributed by atoms with Gasteiger partial charge in [-0.25, -0.2) is 9.97 Å². The Kier molecular flexibility index (Phi) is 2.47. The maximum Gasteiger partial charge on any atom is 0.181 e. The highest BCUT2D eigenvalue weighted by molar-refractivity contribution is 7.22. The zero-order valence-electron chi connectivity index (χ0n) is 10.7. The SMILES string of the molecule is Nc1nc2ccc(Cc3cnc4ccccn34)cc2s1. The van der Waals surface area contributed by atoms with E-state index in [2.05, 4.69) is 26.5 Å². The quantitative estimate of drug-likeness (QED) is 0.614. The Morgan fingerprint density at radius 2 is 2.15 bits per heavy atom. The van der Waals surface area contributed by atoms with Crippen LogP contribution in [0.4, 0.5) is 5.13 Å². The van der Waals surface area contributed by atoms with Crippen molar-refractivity contribution in [3.8, 4) is 0 Å². The van der Waals surface area contributed by atoms with Crippen LogP contribution in [0.2, 0.25) is 0 Å². The van der Waals surface area contributed by atoms with E-state index in [-0.39, 0.29) is 0 Å². The largest absolute Gasteiger partial charge is 0.375 e. The number of fused-ring (bicyclic) bond motifs is 2. The van der Waals surface area contributed by atoms with Crippen LogP contribution in [0.5, 0.6) is 0 Å². The molecule has 3 heterocycles. The smallest absolute Gasteiger partial charge is 0.181 e. The topological polar surface area (TPSA) is 56.2 Å². The van der Waals surface area contributed by atoms with E-state index in [4.69, 9.17) is 5.73 Å². The van der Waals surface area contributed by atoms with Crippen molar-refractivity contribution in [2.24, 2.45) is 0 Å². The Labute approximate surface area is 119 Å². The third-order valence-corrected chi connectivity index (χ3v) is 4.20. The highest BCUT2D eigenvalue weighted by Crippen LogP contribution is 2.25. The van der Waals surface area contributed by atoms with Gasteiger partial charge in [0.25, 0.3) is 0 Å². The summed E-state index contributed by atoms with van der Waals surface area (Å²) in [6.07, 6.45) is 4.82. The van der Waals surface area contributed by atoms with Gasteiger partial charge in [0, 0.05) is 24.5 Å². The van der Waals surface area contributed by atoms with Crippen molar-refractivity contribution < 1.29 is 0 Å². The van der Waals surface area contributed by atoms with Gasteiger partial charge in [-0.2, -0.15) is 0 Å². The first-order valence-corrected chi connectivity index (χ1v) is 7.17. The number of imidazole rings is 1. The molecule has 0 aliphatic carbocycles. The van der Waals surface area contributed by atoms with Crippen molar-refractivity contribution in [2.45, 2.75) is 6.42 Å². The summed E-state index contributed by atoms with van der Waals surface area (Å²) in [6, 6.07) is 12.3. The molecule has 0 aliphatic heterocycles. The van der Waals surface area contributed by atoms with Crippen LogP contribution in [-0.2, 0) is 6.42 Å². The van der Waals surface area contributed by atoms with E-state index in [1.54, 1.807) is 0 Å². The molecule has 0 spiro atoms. The number of nitrogens with zero attached hydrogens (tertiary/aromatic N) is 3. The second kappa shape index (κ2) is 4.31. The van der Waals surface area contributed by atoms with E-state index in [0.717, 1.165) is 22.3 Å². The molecular formula is C15H12N4S. The first kappa shape index (κ1) is 11.4. The average molecular weight is 280 g/mol. The molecule has 4 nitrogen and oxygen atoms in total. The molecule has 5 heteroatoms. The highest BCUT2D eigenvalue weighted by atomic mass is 32.1. The number of thiazole rings is 1. The molecule has 0 radical (unpaired) electrons. The van der Waals surface area contributed by atoms with E-state index in [0.29, 0.717) is 5.13 Å². The Morgan fingerprint density at radius 3 is 3.10 bits per heavy atom. The fourth-order valence-electron chi connectivity index (χ4n) is 2.42. The fraction of sp³-hybridized carbons (Fsp3) is 0.0667. The minimum absolute atomic E-state index is 0.618. The number of anilines is 1. The lowest BCUT2D eigenvalue weighted by Gasteiger charge is -2.02. The molecule has 4 aromatic rings. The standard InChI is InChI=1S/C15H12N4S/c16-15-18-12-5-4-10(8-13(12)20-15)7-11-9-17-14-3-1-2-6-19(11)14/h1-6,8-9H,7H2,(H2,16,18). The van der Waals surface area contributed by atoms with Crippen LogP contribution in [0, 0.1) is 0 Å². The maximum absolute atomic E-state index is 5.74. The van der Waals surface area contributed by atoms with Gasteiger partial charge in [-0.05, 0) is 29.8 Å². The van der Waals surface area contributed by atoms with Crippen LogP contribution in [0.25, 0.3) is 15.9 Å². The van der Waals surface area contributed by atoms with Crippen molar-refractivity contribution in [2.75, 3.05) is 5.73 Å². The molecule has 0 bridgehead atoms. The lowest BCUT2D eigenvalue weighted by molar-refractivity contribution is 1.03. The van der Waals surface area contributed by atoms with Gasteiger partial charge >= 0.3 is 0 Å². The van der Waals surface area contributed by atoms with Crippen LogP contribution in [0.1, 0.15) is 11.3 Å². The molecule has 0 aliphatic rings. The zero-order valence-corrected chi connectivity index (χ0v) is 11.5. The molecule has 0 unspecified atom stereocenters. The van der Waals surface area contributed by atoms with Crippen LogP contribution >= 0.6 is 11.3 Å². The maximum atomic E-state index is 5.74. The van der Waals surface area contributed by atoms with E-state index in [9.17, 15) is 0 Å². The Bertz CT molecular complexity index is 906. The second-order valence-electron chi connectivity index (χ2n) is 4.71. The van der Waals surface area contributed by atoms with E-state index in [1.807, 2.05) is 36.7 Å². The number of aromatic nitrogens is 3. The highest BCUT2D eigenvalue weighted by Gasteiger charge is 2.06. The lowest BCUT2D eigenvalue weighted by Crippen LogP contribution is -1.93. The molecule has 3 aromatic heterocycles. The Balaban J connectivity index is 1.76. The van der Waals surface area contributed by atoms with Gasteiger partial charge in [-0.15, -0.1) is 0 Å². The summed E-state index contributed by atoms with van der Waals surface area (Å²) in [5.41, 5.74) is 10.1. The number of hydrogen-bond donors (Lipinski definition) is 1. The zero-order chi connectivity index (χ0) is 13.5. The summed E-state index contributed by atoms with van der Waals surface area (Å²) in [5, 5.41) is 0.618. The molecule has 1 aromatic carbocycles. The van der Waals surface area contributed by atoms with Crippen LogP contribution < -0.4 is 5.73 Å². The van der Waals surface area contributed by atoms with Gasteiger partial charge in [0.2, 0.25) is 0 Å². The summed E-state index contributed by atoms with van der Waals surface area (Å²) in [7, 11) is 0. The number of nitrogens with two attached hydrogens (primary N) is 1. The summed E-state index contributed by atoms with van der Waals surface area (Å²) in [4.78, 5) is 8.69. The molecule has 0 amide bonds. The van der Waals surface area contributed by atoms with Gasteiger partial charge in [0.15, 0.2) is 5.13 Å². The van der Waals surface area contributed by atoms with Gasteiger partial charge in [0.1, 0.15) is 5.65 Å². The normalized spacial score (nSPS) is 11.4. The van der Waals surface area contributed by atoms with E-state index in [1.165, 1.54) is 22.6 Å². The predicted octanol–water partition coefficient (Wildman–Crippen LogP) is 3.12. The molecule has 2 N–H and O–H groups in total. The van der Waals surface area contributed by atoms with Crippen molar-refractivity contribution in [3.05, 3.63) is 60.0 Å². The van der Waals surface area contributed by atoms with Gasteiger partial charge in [0.05, 0.1) is 10.2 Å². The molecule has 0 fully saturated rings. The van der Waals surface area contributed by atoms with E-state index >= 15 is 0 Å². The summed E-state index contributed by atoms with van der Waals surface area (Å²) < 4.78 is 3.25. The minimum atomic E-state index is 0.618. The van der Waals surface area contributed by atoms with Crippen molar-refractivity contribution in [3.63, 3.8) is 0 Å². The fourth-order valence-corrected chi connectivity index (χ4v) is 3.22. The minimum Gasteiger partial charge on any atom is -0.375 e. The Hall–Kier alpha value is -2.40. The first-order chi connectivity index (χ1) is 9.79. The lowest BCUT2D eigenvalue weighted by atomic mass is 10.1. The number of hydrogen-bond acceptors (Lipinski definition) is 4. The predicted molar refractivity (Wildman–Crippen MR) is 82.0 cm³/mol. The summed E-state index contributed by atoms with van der Waals surface area (Å²) >= 11 is 1.53. The number of benzene rings is 1. The number of pyridine rings is 1. The van der Waals surface area contributed by atoms with Crippen LogP contribution in [0.15, 0.2) is 48.8 Å².